The highest BCUT2D eigenvalue weighted by atomic mass is 32.2. The van der Waals surface area contributed by atoms with Gasteiger partial charge in [-0.15, -0.1) is 0 Å². The minimum Gasteiger partial charge on any atom is -0.212 e. The van der Waals surface area contributed by atoms with Gasteiger partial charge in [-0.05, 0) is 12.8 Å². The van der Waals surface area contributed by atoms with E-state index >= 15 is 0 Å². The Bertz CT molecular complexity index is 396. The number of hydrogen-bond donors (Lipinski definition) is 0. The monoisotopic (exact) mass is 267 g/mol. The van der Waals surface area contributed by atoms with Crippen molar-refractivity contribution < 1.29 is 17.2 Å². The van der Waals surface area contributed by atoms with E-state index < -0.39 is 28.1 Å². The first kappa shape index (κ1) is 14.6. The number of sulfonamides is 1. The van der Waals surface area contributed by atoms with Crippen LogP contribution in [0.15, 0.2) is 11.6 Å². The summed E-state index contributed by atoms with van der Waals surface area (Å²) >= 11 is 0. The van der Waals surface area contributed by atoms with Gasteiger partial charge >= 0.3 is 0 Å². The van der Waals surface area contributed by atoms with Gasteiger partial charge in [0.2, 0.25) is 15.9 Å². The number of halogens is 2. The van der Waals surface area contributed by atoms with Crippen LogP contribution in [0.4, 0.5) is 8.78 Å². The molecule has 0 spiro atoms. The molecule has 1 aliphatic heterocycles. The lowest BCUT2D eigenvalue weighted by atomic mass is 10.1. The molecule has 0 radical (unpaired) electrons. The molecule has 1 rings (SSSR count). The van der Waals surface area contributed by atoms with Crippen LogP contribution < -0.4 is 0 Å². The molecule has 0 aromatic heterocycles. The number of alkyl halides is 2. The highest BCUT2D eigenvalue weighted by molar-refractivity contribution is 7.89. The molecule has 6 heteroatoms. The molecule has 0 N–H and O–H groups in total. The van der Waals surface area contributed by atoms with Gasteiger partial charge in [-0.2, -0.15) is 4.31 Å². The molecular weight excluding hydrogens is 248 g/mol. The summed E-state index contributed by atoms with van der Waals surface area (Å²) in [7, 11) is -3.56. The Morgan fingerprint density at radius 2 is 2.06 bits per heavy atom. The van der Waals surface area contributed by atoms with E-state index in [1.54, 1.807) is 0 Å². The van der Waals surface area contributed by atoms with E-state index in [-0.39, 0.29) is 0 Å². The summed E-state index contributed by atoms with van der Waals surface area (Å²) in [6.07, 6.45) is 1.25. The van der Waals surface area contributed by atoms with Crippen LogP contribution in [0.25, 0.3) is 0 Å². The first-order valence-electron chi connectivity index (χ1n) is 5.66. The summed E-state index contributed by atoms with van der Waals surface area (Å²) in [5.74, 6) is -3.13. The molecule has 17 heavy (non-hydrogen) atoms. The molecular formula is C11H19F2NO2S. The van der Waals surface area contributed by atoms with Crippen LogP contribution in [-0.2, 0) is 10.0 Å². The van der Waals surface area contributed by atoms with Gasteiger partial charge in [0.1, 0.15) is 0 Å². The van der Waals surface area contributed by atoms with Gasteiger partial charge in [0.15, 0.2) is 0 Å². The number of nitrogens with zero attached hydrogens (tertiary/aromatic N) is 1. The van der Waals surface area contributed by atoms with Crippen molar-refractivity contribution in [2.75, 3.05) is 18.8 Å². The van der Waals surface area contributed by atoms with E-state index in [4.69, 9.17) is 0 Å². The Kier molecular flexibility index (Phi) is 4.30. The maximum absolute atomic E-state index is 12.6. The lowest BCUT2D eigenvalue weighted by Crippen LogP contribution is -2.33. The van der Waals surface area contributed by atoms with Crippen LogP contribution in [0.1, 0.15) is 27.2 Å². The fraction of sp³-hybridized carbons (Fsp3) is 0.818. The summed E-state index contributed by atoms with van der Waals surface area (Å²) in [5.41, 5.74) is 1.05. The van der Waals surface area contributed by atoms with Crippen molar-refractivity contribution >= 4 is 10.0 Å². The standard InChI is InChI=1S/C11H19F2NO2S/c1-9(2)10-4-6-14(8-10)17(15,16)7-5-11(3,12)13/h4,9H,5-8H2,1-3H3. The van der Waals surface area contributed by atoms with E-state index in [1.165, 1.54) is 4.31 Å². The van der Waals surface area contributed by atoms with Gasteiger partial charge in [0, 0.05) is 19.5 Å². The minimum absolute atomic E-state index is 0.294. The van der Waals surface area contributed by atoms with Crippen LogP contribution in [-0.4, -0.2) is 37.5 Å². The molecule has 100 valence electrons. The fourth-order valence-electron chi connectivity index (χ4n) is 1.62. The summed E-state index contributed by atoms with van der Waals surface area (Å²) in [6.45, 7) is 5.37. The third kappa shape index (κ3) is 4.35. The van der Waals surface area contributed by atoms with Crippen molar-refractivity contribution in [3.63, 3.8) is 0 Å². The molecule has 1 aliphatic rings. The fourth-order valence-corrected chi connectivity index (χ4v) is 3.14. The molecule has 0 aliphatic carbocycles. The van der Waals surface area contributed by atoms with Crippen LogP contribution in [0.5, 0.6) is 0 Å². The van der Waals surface area contributed by atoms with Gasteiger partial charge in [0.25, 0.3) is 0 Å². The summed E-state index contributed by atoms with van der Waals surface area (Å²) in [6, 6.07) is 0. The molecule has 0 saturated carbocycles. The molecule has 0 bridgehead atoms. The average molecular weight is 267 g/mol. The average Bonchev–Trinajstić information content (AvgIpc) is 2.63. The lowest BCUT2D eigenvalue weighted by Gasteiger charge is -2.18. The maximum atomic E-state index is 12.6. The number of rotatable bonds is 5. The predicted molar refractivity (Wildman–Crippen MR) is 63.5 cm³/mol. The Balaban J connectivity index is 2.58. The number of hydrogen-bond acceptors (Lipinski definition) is 2. The quantitative estimate of drug-likeness (QED) is 0.717. The summed E-state index contributed by atoms with van der Waals surface area (Å²) < 4.78 is 50.2. The zero-order valence-corrected chi connectivity index (χ0v) is 11.2. The third-order valence-corrected chi connectivity index (χ3v) is 4.63. The van der Waals surface area contributed by atoms with Gasteiger partial charge < -0.3 is 0 Å². The van der Waals surface area contributed by atoms with Gasteiger partial charge in [0.05, 0.1) is 5.75 Å². The van der Waals surface area contributed by atoms with E-state index in [0.29, 0.717) is 19.0 Å². The van der Waals surface area contributed by atoms with E-state index in [0.717, 1.165) is 12.5 Å². The van der Waals surface area contributed by atoms with Crippen LogP contribution in [0, 0.1) is 5.92 Å². The maximum Gasteiger partial charge on any atom is 0.246 e. The zero-order chi connectivity index (χ0) is 13.3. The SMILES string of the molecule is CC(C)C1=CCN(S(=O)(=O)CCC(C)(F)F)C1. The smallest absolute Gasteiger partial charge is 0.212 e. The third-order valence-electron chi connectivity index (χ3n) is 2.85. The van der Waals surface area contributed by atoms with E-state index in [9.17, 15) is 17.2 Å². The second kappa shape index (κ2) is 5.02. The van der Waals surface area contributed by atoms with Crippen LogP contribution >= 0.6 is 0 Å². The minimum atomic E-state index is -3.56. The van der Waals surface area contributed by atoms with Gasteiger partial charge in [-0.25, -0.2) is 17.2 Å². The normalized spacial score (nSPS) is 18.8. The second-order valence-corrected chi connectivity index (χ2v) is 6.95. The van der Waals surface area contributed by atoms with Crippen LogP contribution in [0.3, 0.4) is 0 Å². The Labute approximate surface area is 102 Å². The molecule has 0 fully saturated rings. The molecule has 3 nitrogen and oxygen atoms in total. The summed E-state index contributed by atoms with van der Waals surface area (Å²) in [5, 5.41) is 0. The van der Waals surface area contributed by atoms with Crippen molar-refractivity contribution in [1.82, 2.24) is 4.31 Å². The molecule has 0 atom stereocenters. The molecule has 0 unspecified atom stereocenters. The zero-order valence-electron chi connectivity index (χ0n) is 10.4. The first-order valence-corrected chi connectivity index (χ1v) is 7.27. The Hall–Kier alpha value is -0.490. The van der Waals surface area contributed by atoms with Crippen molar-refractivity contribution in [2.24, 2.45) is 5.92 Å². The van der Waals surface area contributed by atoms with Crippen LogP contribution in [0.2, 0.25) is 0 Å². The molecule has 0 amide bonds. The van der Waals surface area contributed by atoms with Gasteiger partial charge in [-0.3, -0.25) is 0 Å². The molecule has 0 saturated heterocycles. The summed E-state index contributed by atoms with van der Waals surface area (Å²) in [4.78, 5) is 0. The van der Waals surface area contributed by atoms with Crippen molar-refractivity contribution in [3.8, 4) is 0 Å². The van der Waals surface area contributed by atoms with E-state index in [2.05, 4.69) is 0 Å². The molecule has 1 heterocycles. The van der Waals surface area contributed by atoms with Crippen molar-refractivity contribution in [3.05, 3.63) is 11.6 Å². The molecule has 0 aromatic carbocycles. The first-order chi connectivity index (χ1) is 7.62. The second-order valence-electron chi connectivity index (χ2n) is 4.86. The Morgan fingerprint density at radius 3 is 2.47 bits per heavy atom. The van der Waals surface area contributed by atoms with E-state index in [1.807, 2.05) is 19.9 Å². The van der Waals surface area contributed by atoms with Gasteiger partial charge in [-0.1, -0.05) is 25.5 Å². The lowest BCUT2D eigenvalue weighted by molar-refractivity contribution is 0.0187. The van der Waals surface area contributed by atoms with Crippen molar-refractivity contribution in [2.45, 2.75) is 33.1 Å². The molecule has 0 aromatic rings. The highest BCUT2D eigenvalue weighted by Gasteiger charge is 2.31. The topological polar surface area (TPSA) is 37.4 Å². The highest BCUT2D eigenvalue weighted by Crippen LogP contribution is 2.23. The largest absolute Gasteiger partial charge is 0.246 e. The predicted octanol–water partition coefficient (Wildman–Crippen LogP) is 2.26. The van der Waals surface area contributed by atoms with Crippen molar-refractivity contribution in [1.29, 1.82) is 0 Å². The Morgan fingerprint density at radius 1 is 1.47 bits per heavy atom.